The number of fused-ring (bicyclic) bond motifs is 1. The number of likely N-dealkylation sites (N-methyl/N-ethyl adjacent to an activating group) is 1. The van der Waals surface area contributed by atoms with E-state index in [0.717, 1.165) is 22.8 Å². The second kappa shape index (κ2) is 18.2. The highest BCUT2D eigenvalue weighted by Crippen LogP contribution is 2.47. The molecule has 17 heteroatoms. The van der Waals surface area contributed by atoms with Gasteiger partial charge in [-0.25, -0.2) is 18.4 Å². The highest BCUT2D eigenvalue weighted by atomic mass is 32.2. The van der Waals surface area contributed by atoms with Crippen LogP contribution in [0.4, 0.5) is 5.69 Å². The van der Waals surface area contributed by atoms with Crippen molar-refractivity contribution in [2.75, 3.05) is 46.2 Å². The van der Waals surface area contributed by atoms with Crippen molar-refractivity contribution in [3.05, 3.63) is 71.8 Å². The minimum absolute atomic E-state index is 0.0265. The number of sulfonamides is 1. The maximum Gasteiger partial charge on any atom is 0.259 e. The van der Waals surface area contributed by atoms with Gasteiger partial charge in [0.15, 0.2) is 0 Å². The molecule has 5 atom stereocenters. The van der Waals surface area contributed by atoms with E-state index in [1.807, 2.05) is 94.5 Å². The molecular weight excluding hydrogens is 867 g/mol. The van der Waals surface area contributed by atoms with Gasteiger partial charge >= 0.3 is 0 Å². The number of rotatable bonds is 18. The van der Waals surface area contributed by atoms with Crippen molar-refractivity contribution in [1.29, 1.82) is 0 Å². The van der Waals surface area contributed by atoms with Crippen molar-refractivity contribution in [3.63, 3.8) is 0 Å². The Hall–Kier alpha value is -5.26. The van der Waals surface area contributed by atoms with Gasteiger partial charge in [-0.05, 0) is 82.8 Å². The Bertz CT molecular complexity index is 2580. The summed E-state index contributed by atoms with van der Waals surface area (Å²) in [6, 6.07) is 11.1. The molecule has 2 saturated carbocycles. The molecule has 2 aromatic carbocycles. The number of ether oxygens (including phenoxy) is 3. The average Bonchev–Trinajstić information content (AvgIpc) is 4.03. The molecule has 15 nitrogen and oxygen atoms in total. The number of aromatic nitrogens is 2. The van der Waals surface area contributed by atoms with Gasteiger partial charge in [0.2, 0.25) is 21.8 Å². The van der Waals surface area contributed by atoms with Crippen molar-refractivity contribution in [3.8, 4) is 28.0 Å². The van der Waals surface area contributed by atoms with Crippen molar-refractivity contribution < 1.29 is 37.0 Å². The Balaban J connectivity index is 1.24. The zero-order chi connectivity index (χ0) is 47.2. The zero-order valence-electron chi connectivity index (χ0n) is 39.1. The second-order valence-corrected chi connectivity index (χ2v) is 22.6. The van der Waals surface area contributed by atoms with E-state index in [-0.39, 0.29) is 31.2 Å². The fourth-order valence-electron chi connectivity index (χ4n) is 8.15. The van der Waals surface area contributed by atoms with E-state index >= 15 is 4.79 Å². The first-order valence-electron chi connectivity index (χ1n) is 22.2. The molecule has 3 N–H and O–H groups in total. The van der Waals surface area contributed by atoms with Crippen LogP contribution in [0.3, 0.4) is 0 Å². The normalized spacial score (nSPS) is 21.8. The predicted octanol–water partition coefficient (Wildman–Crippen LogP) is 6.67. The van der Waals surface area contributed by atoms with Gasteiger partial charge in [-0.2, -0.15) is 0 Å². The lowest BCUT2D eigenvalue weighted by Crippen LogP contribution is -2.59. The summed E-state index contributed by atoms with van der Waals surface area (Å²) in [5, 5.41) is 9.83. The van der Waals surface area contributed by atoms with Gasteiger partial charge in [-0.1, -0.05) is 46.8 Å². The fourth-order valence-corrected chi connectivity index (χ4v) is 10.4. The summed E-state index contributed by atoms with van der Waals surface area (Å²) in [5.74, 6) is -0.291. The van der Waals surface area contributed by atoms with E-state index in [1.165, 1.54) is 16.2 Å². The molecule has 1 aliphatic heterocycles. The zero-order valence-corrected chi connectivity index (χ0v) is 40.7. The molecule has 0 unspecified atom stereocenters. The van der Waals surface area contributed by atoms with Gasteiger partial charge in [0.05, 0.1) is 29.6 Å². The summed E-state index contributed by atoms with van der Waals surface area (Å²) in [7, 11) is 1.54. The highest BCUT2D eigenvalue weighted by molar-refractivity contribution is 7.91. The number of amides is 3. The Labute approximate surface area is 386 Å². The van der Waals surface area contributed by atoms with E-state index in [9.17, 15) is 18.0 Å². The van der Waals surface area contributed by atoms with Crippen molar-refractivity contribution in [2.45, 2.75) is 109 Å². The maximum absolute atomic E-state index is 15.2. The molecule has 2 aliphatic carbocycles. The van der Waals surface area contributed by atoms with E-state index in [2.05, 4.69) is 35.8 Å². The molecule has 3 aliphatic rings. The summed E-state index contributed by atoms with van der Waals surface area (Å²) in [6.45, 7) is 18.6. The van der Waals surface area contributed by atoms with Crippen molar-refractivity contribution >= 4 is 55.7 Å². The van der Waals surface area contributed by atoms with Crippen LogP contribution in [-0.2, 0) is 24.4 Å². The number of methoxy groups -OCH3 is 1. The minimum Gasteiger partial charge on any atom is -0.496 e. The van der Waals surface area contributed by atoms with Gasteiger partial charge in [0, 0.05) is 53.0 Å². The van der Waals surface area contributed by atoms with E-state index in [0.29, 0.717) is 59.0 Å². The molecule has 4 aromatic rings. The monoisotopic (exact) mass is 929 g/mol. The van der Waals surface area contributed by atoms with Gasteiger partial charge in [0.1, 0.15) is 58.3 Å². The third-order valence-electron chi connectivity index (χ3n) is 12.8. The number of hydrogen-bond donors (Lipinski definition) is 3. The second-order valence-electron chi connectivity index (χ2n) is 19.5. The summed E-state index contributed by atoms with van der Waals surface area (Å²) >= 11 is 1.49. The number of aryl methyl sites for hydroxylation is 1. The molecule has 3 fully saturated rings. The van der Waals surface area contributed by atoms with Crippen LogP contribution in [-0.4, -0.2) is 115 Å². The summed E-state index contributed by atoms with van der Waals surface area (Å²) in [6.07, 6.45) is 1.94. The lowest BCUT2D eigenvalue weighted by Gasteiger charge is -2.36. The SMILES string of the molecule is C=C[C@@H]1C[C@]1(NC(=O)[C@@H]1C[C@@H](Oc2cc(-c3nc(C(C)C)cs3)nc3c(C)c(OC)ccc23)CN1C(=O)[C@@H](Nc1cccc(OCCN(C)C)c1)C(C)(C)C)C(=O)NS(=O)(=O)C1(C)CC1. The number of nitrogens with one attached hydrogen (secondary N) is 3. The molecule has 7 rings (SSSR count). The lowest BCUT2D eigenvalue weighted by atomic mass is 9.85. The molecule has 1 saturated heterocycles. The largest absolute Gasteiger partial charge is 0.496 e. The van der Waals surface area contributed by atoms with Gasteiger partial charge in [-0.3, -0.25) is 19.1 Å². The number of carbonyl (C=O) groups excluding carboxylic acids is 3. The first kappa shape index (κ1) is 47.7. The van der Waals surface area contributed by atoms with E-state index < -0.39 is 61.6 Å². The number of carbonyl (C=O) groups is 3. The van der Waals surface area contributed by atoms with Crippen LogP contribution in [0.15, 0.2) is 60.5 Å². The van der Waals surface area contributed by atoms with Crippen LogP contribution in [0, 0.1) is 18.3 Å². The smallest absolute Gasteiger partial charge is 0.259 e. The number of thiazole rings is 1. The third kappa shape index (κ3) is 9.97. The number of likely N-dealkylation sites (tertiary alicyclic amines) is 1. The van der Waals surface area contributed by atoms with Crippen LogP contribution >= 0.6 is 11.3 Å². The Morgan fingerprint density at radius 3 is 2.45 bits per heavy atom. The third-order valence-corrected chi connectivity index (χ3v) is 15.8. The number of benzene rings is 2. The minimum atomic E-state index is -4.01. The molecule has 350 valence electrons. The molecule has 0 radical (unpaired) electrons. The van der Waals surface area contributed by atoms with Gasteiger partial charge < -0.3 is 34.6 Å². The number of hydrogen-bond acceptors (Lipinski definition) is 13. The molecule has 65 heavy (non-hydrogen) atoms. The predicted molar refractivity (Wildman–Crippen MR) is 254 cm³/mol. The van der Waals surface area contributed by atoms with Crippen LogP contribution in [0.1, 0.15) is 84.4 Å². The van der Waals surface area contributed by atoms with Gasteiger partial charge in [0.25, 0.3) is 5.91 Å². The van der Waals surface area contributed by atoms with E-state index in [4.69, 9.17) is 24.2 Å². The van der Waals surface area contributed by atoms with Gasteiger partial charge in [-0.15, -0.1) is 17.9 Å². The summed E-state index contributed by atoms with van der Waals surface area (Å²) in [4.78, 5) is 57.4. The summed E-state index contributed by atoms with van der Waals surface area (Å²) in [5.41, 5.74) is 1.47. The molecule has 0 spiro atoms. The average molecular weight is 930 g/mol. The molecule has 0 bridgehead atoms. The number of nitrogens with zero attached hydrogens (tertiary/aromatic N) is 4. The Kier molecular flexibility index (Phi) is 13.4. The quantitative estimate of drug-likeness (QED) is 0.0904. The molecular formula is C48H63N7O8S2. The van der Waals surface area contributed by atoms with Crippen LogP contribution < -0.4 is 29.6 Å². The first-order chi connectivity index (χ1) is 30.6. The summed E-state index contributed by atoms with van der Waals surface area (Å²) < 4.78 is 46.3. The topological polar surface area (TPSA) is 181 Å². The molecule has 3 heterocycles. The first-order valence-corrected chi connectivity index (χ1v) is 24.5. The van der Waals surface area contributed by atoms with Crippen molar-refractivity contribution in [1.82, 2.24) is 29.8 Å². The highest BCUT2D eigenvalue weighted by Gasteiger charge is 2.63. The number of anilines is 1. The fraction of sp³-hybridized carbons (Fsp3) is 0.521. The standard InChI is InChI=1S/C48H63N7O8S2/c1-12-30-25-48(30,45(58)53-65(59,60)47(8)18-19-47)52-42(56)37-23-33(26-55(37)44(57)41(46(5,6)7)49-31-14-13-15-32(22-31)62-21-20-54(9)10)63-39-24-35(43-51-36(27-64-43)28(2)3)50-40-29(4)38(61-11)17-16-34(39)40/h12-17,22,24,27-28,30,33,37,41,49H,1,18-21,23,25-26H2,2-11H3,(H,52,56)(H,53,58)/t30-,33-,37+,41-,48-/m1/s1. The lowest BCUT2D eigenvalue weighted by molar-refractivity contribution is -0.141. The van der Waals surface area contributed by atoms with Crippen LogP contribution in [0.2, 0.25) is 0 Å². The molecule has 2 aromatic heterocycles. The molecule has 3 amide bonds. The van der Waals surface area contributed by atoms with E-state index in [1.54, 1.807) is 20.1 Å². The number of pyridine rings is 1. The Morgan fingerprint density at radius 2 is 1.83 bits per heavy atom. The van der Waals surface area contributed by atoms with Crippen LogP contribution in [0.25, 0.3) is 21.6 Å². The van der Waals surface area contributed by atoms with Crippen molar-refractivity contribution in [2.24, 2.45) is 11.3 Å². The van der Waals surface area contributed by atoms with Crippen LogP contribution in [0.5, 0.6) is 17.2 Å². The maximum atomic E-state index is 15.2. The Morgan fingerprint density at radius 1 is 1.09 bits per heavy atom.